The second-order valence-electron chi connectivity index (χ2n) is 4.28. The molecule has 0 radical (unpaired) electrons. The SMILES string of the molecule is CCC1(CC)CC(CC)(CC)N1. The van der Waals surface area contributed by atoms with E-state index in [1.165, 1.54) is 32.1 Å². The molecule has 1 aliphatic heterocycles. The molecule has 1 heteroatoms. The molecule has 0 spiro atoms. The second-order valence-corrected chi connectivity index (χ2v) is 4.28. The van der Waals surface area contributed by atoms with E-state index in [1.54, 1.807) is 0 Å². The van der Waals surface area contributed by atoms with Gasteiger partial charge >= 0.3 is 0 Å². The Hall–Kier alpha value is -0.0400. The maximum atomic E-state index is 3.81. The van der Waals surface area contributed by atoms with Crippen LogP contribution >= 0.6 is 0 Å². The summed E-state index contributed by atoms with van der Waals surface area (Å²) >= 11 is 0. The van der Waals surface area contributed by atoms with E-state index in [4.69, 9.17) is 0 Å². The summed E-state index contributed by atoms with van der Waals surface area (Å²) in [4.78, 5) is 0. The number of hydrogen-bond acceptors (Lipinski definition) is 1. The van der Waals surface area contributed by atoms with Gasteiger partial charge in [0.25, 0.3) is 0 Å². The summed E-state index contributed by atoms with van der Waals surface area (Å²) in [5.74, 6) is 0. The van der Waals surface area contributed by atoms with Crippen LogP contribution in [-0.2, 0) is 0 Å². The molecule has 12 heavy (non-hydrogen) atoms. The van der Waals surface area contributed by atoms with Gasteiger partial charge < -0.3 is 5.32 Å². The molecule has 1 nitrogen and oxygen atoms in total. The van der Waals surface area contributed by atoms with E-state index in [0.29, 0.717) is 11.1 Å². The van der Waals surface area contributed by atoms with Crippen LogP contribution in [0.25, 0.3) is 0 Å². The van der Waals surface area contributed by atoms with Gasteiger partial charge in [-0.15, -0.1) is 0 Å². The first-order valence-corrected chi connectivity index (χ1v) is 5.45. The summed E-state index contributed by atoms with van der Waals surface area (Å²) in [7, 11) is 0. The van der Waals surface area contributed by atoms with Crippen molar-refractivity contribution < 1.29 is 0 Å². The third-order valence-electron chi connectivity index (χ3n) is 3.91. The lowest BCUT2D eigenvalue weighted by molar-refractivity contribution is 0.0283. The fourth-order valence-electron chi connectivity index (χ4n) is 2.55. The smallest absolute Gasteiger partial charge is 0.0199 e. The predicted molar refractivity (Wildman–Crippen MR) is 54.4 cm³/mol. The normalized spacial score (nSPS) is 25.0. The average Bonchev–Trinajstić information content (AvgIpc) is 2.07. The van der Waals surface area contributed by atoms with Crippen LogP contribution in [0.3, 0.4) is 0 Å². The van der Waals surface area contributed by atoms with E-state index in [9.17, 15) is 0 Å². The monoisotopic (exact) mass is 169 g/mol. The van der Waals surface area contributed by atoms with Gasteiger partial charge in [0.15, 0.2) is 0 Å². The predicted octanol–water partition coefficient (Wildman–Crippen LogP) is 3.10. The minimum atomic E-state index is 0.492. The van der Waals surface area contributed by atoms with Gasteiger partial charge in [-0.25, -0.2) is 0 Å². The third-order valence-corrected chi connectivity index (χ3v) is 3.91. The Bertz CT molecular complexity index is 117. The Morgan fingerprint density at radius 3 is 1.25 bits per heavy atom. The van der Waals surface area contributed by atoms with Crippen molar-refractivity contribution in [3.05, 3.63) is 0 Å². The molecule has 1 heterocycles. The van der Waals surface area contributed by atoms with Crippen molar-refractivity contribution in [2.24, 2.45) is 0 Å². The van der Waals surface area contributed by atoms with Crippen LogP contribution in [0, 0.1) is 0 Å². The molecule has 1 rings (SSSR count). The van der Waals surface area contributed by atoms with Crippen molar-refractivity contribution in [1.82, 2.24) is 5.32 Å². The van der Waals surface area contributed by atoms with Crippen molar-refractivity contribution >= 4 is 0 Å². The summed E-state index contributed by atoms with van der Waals surface area (Å²) in [5.41, 5.74) is 0.984. The maximum absolute atomic E-state index is 3.81. The zero-order valence-electron chi connectivity index (χ0n) is 9.04. The number of nitrogens with one attached hydrogen (secondary N) is 1. The standard InChI is InChI=1S/C11H23N/c1-5-10(6-2)9-11(7-3,8-4)12-10/h12H,5-9H2,1-4H3. The van der Waals surface area contributed by atoms with Gasteiger partial charge in [0.05, 0.1) is 0 Å². The lowest BCUT2D eigenvalue weighted by atomic mass is 9.66. The first kappa shape index (κ1) is 10.0. The van der Waals surface area contributed by atoms with Crippen LogP contribution in [0.4, 0.5) is 0 Å². The van der Waals surface area contributed by atoms with E-state index in [0.717, 1.165) is 0 Å². The molecule has 0 atom stereocenters. The minimum Gasteiger partial charge on any atom is -0.306 e. The lowest BCUT2D eigenvalue weighted by Crippen LogP contribution is -2.71. The molecule has 0 aromatic rings. The van der Waals surface area contributed by atoms with E-state index < -0.39 is 0 Å². The Labute approximate surface area is 76.9 Å². The molecule has 0 bridgehead atoms. The largest absolute Gasteiger partial charge is 0.306 e. The Kier molecular flexibility index (Phi) is 2.82. The maximum Gasteiger partial charge on any atom is 0.0199 e. The Balaban J connectivity index is 2.52. The first-order valence-electron chi connectivity index (χ1n) is 5.45. The van der Waals surface area contributed by atoms with Gasteiger partial charge in [-0.1, -0.05) is 27.7 Å². The molecule has 0 aromatic heterocycles. The lowest BCUT2D eigenvalue weighted by Gasteiger charge is -2.57. The fourth-order valence-corrected chi connectivity index (χ4v) is 2.55. The highest BCUT2D eigenvalue weighted by Gasteiger charge is 2.49. The number of rotatable bonds is 4. The average molecular weight is 169 g/mol. The van der Waals surface area contributed by atoms with Gasteiger partial charge in [0.2, 0.25) is 0 Å². The Morgan fingerprint density at radius 2 is 1.08 bits per heavy atom. The van der Waals surface area contributed by atoms with E-state index in [2.05, 4.69) is 33.0 Å². The molecule has 0 aromatic carbocycles. The van der Waals surface area contributed by atoms with Crippen LogP contribution in [0.2, 0.25) is 0 Å². The quantitative estimate of drug-likeness (QED) is 0.682. The summed E-state index contributed by atoms with van der Waals surface area (Å²) < 4.78 is 0. The van der Waals surface area contributed by atoms with E-state index in [-0.39, 0.29) is 0 Å². The highest BCUT2D eigenvalue weighted by atomic mass is 15.1. The van der Waals surface area contributed by atoms with Crippen molar-refractivity contribution in [3.8, 4) is 0 Å². The molecule has 1 saturated heterocycles. The molecule has 72 valence electrons. The third kappa shape index (κ3) is 1.39. The molecule has 1 N–H and O–H groups in total. The van der Waals surface area contributed by atoms with Crippen LogP contribution in [0.5, 0.6) is 0 Å². The van der Waals surface area contributed by atoms with Crippen LogP contribution in [0.1, 0.15) is 59.8 Å². The molecule has 0 saturated carbocycles. The Morgan fingerprint density at radius 1 is 0.833 bits per heavy atom. The molecular formula is C11H23N. The zero-order valence-corrected chi connectivity index (χ0v) is 9.04. The van der Waals surface area contributed by atoms with Gasteiger partial charge in [-0.05, 0) is 32.1 Å². The van der Waals surface area contributed by atoms with Crippen molar-refractivity contribution in [2.75, 3.05) is 0 Å². The van der Waals surface area contributed by atoms with Gasteiger partial charge in [-0.2, -0.15) is 0 Å². The fraction of sp³-hybridized carbons (Fsp3) is 1.00. The molecular weight excluding hydrogens is 146 g/mol. The van der Waals surface area contributed by atoms with E-state index in [1.807, 2.05) is 0 Å². The molecule has 0 amide bonds. The highest BCUT2D eigenvalue weighted by Crippen LogP contribution is 2.42. The summed E-state index contributed by atoms with van der Waals surface area (Å²) in [6.07, 6.45) is 6.52. The van der Waals surface area contributed by atoms with Crippen LogP contribution < -0.4 is 5.32 Å². The van der Waals surface area contributed by atoms with Crippen molar-refractivity contribution in [1.29, 1.82) is 0 Å². The molecule has 1 fully saturated rings. The minimum absolute atomic E-state index is 0.492. The van der Waals surface area contributed by atoms with Crippen LogP contribution in [0.15, 0.2) is 0 Å². The second kappa shape index (κ2) is 3.37. The van der Waals surface area contributed by atoms with Gasteiger partial charge in [-0.3, -0.25) is 0 Å². The highest BCUT2D eigenvalue weighted by molar-refractivity contribution is 5.10. The number of hydrogen-bond donors (Lipinski definition) is 1. The molecule has 0 aliphatic carbocycles. The summed E-state index contributed by atoms with van der Waals surface area (Å²) in [6.45, 7) is 9.19. The summed E-state index contributed by atoms with van der Waals surface area (Å²) in [5, 5.41) is 3.81. The topological polar surface area (TPSA) is 12.0 Å². The summed E-state index contributed by atoms with van der Waals surface area (Å²) in [6, 6.07) is 0. The van der Waals surface area contributed by atoms with Crippen molar-refractivity contribution in [2.45, 2.75) is 70.9 Å². The molecule has 0 unspecified atom stereocenters. The first-order chi connectivity index (χ1) is 5.66. The van der Waals surface area contributed by atoms with E-state index >= 15 is 0 Å². The van der Waals surface area contributed by atoms with Crippen LogP contribution in [-0.4, -0.2) is 11.1 Å². The molecule has 1 aliphatic rings. The zero-order chi connectivity index (χ0) is 9.24. The van der Waals surface area contributed by atoms with Gasteiger partial charge in [0, 0.05) is 11.1 Å². The van der Waals surface area contributed by atoms with Crippen molar-refractivity contribution in [3.63, 3.8) is 0 Å². The van der Waals surface area contributed by atoms with Gasteiger partial charge in [0.1, 0.15) is 0 Å².